The number of nitrogens with one attached hydrogen (secondary N) is 1. The zero-order valence-corrected chi connectivity index (χ0v) is 18.2. The Morgan fingerprint density at radius 1 is 1.10 bits per heavy atom. The molecule has 1 N–H and O–H groups in total. The quantitative estimate of drug-likeness (QED) is 0.665. The van der Waals surface area contributed by atoms with Gasteiger partial charge >= 0.3 is 0 Å². The molecule has 156 valence electrons. The first kappa shape index (κ1) is 22.8. The van der Waals surface area contributed by atoms with Crippen LogP contribution in [0.3, 0.4) is 0 Å². The van der Waals surface area contributed by atoms with Crippen molar-refractivity contribution >= 4 is 23.4 Å². The van der Waals surface area contributed by atoms with E-state index in [4.69, 9.17) is 16.3 Å². The zero-order chi connectivity index (χ0) is 21.4. The van der Waals surface area contributed by atoms with Gasteiger partial charge in [-0.15, -0.1) is 0 Å². The van der Waals surface area contributed by atoms with E-state index in [-0.39, 0.29) is 18.4 Å². The summed E-state index contributed by atoms with van der Waals surface area (Å²) in [5.74, 6) is 0.399. The molecule has 5 nitrogen and oxygen atoms in total. The van der Waals surface area contributed by atoms with Crippen LogP contribution >= 0.6 is 11.6 Å². The Hall–Kier alpha value is -2.53. The van der Waals surface area contributed by atoms with E-state index >= 15 is 0 Å². The van der Waals surface area contributed by atoms with Crippen LogP contribution < -0.4 is 10.1 Å². The molecule has 6 heteroatoms. The second kappa shape index (κ2) is 10.9. The molecule has 0 saturated heterocycles. The van der Waals surface area contributed by atoms with Crippen molar-refractivity contribution in [3.8, 4) is 5.75 Å². The van der Waals surface area contributed by atoms with Gasteiger partial charge in [-0.1, -0.05) is 61.3 Å². The van der Waals surface area contributed by atoms with E-state index in [9.17, 15) is 9.59 Å². The number of rotatable bonds is 9. The lowest BCUT2D eigenvalue weighted by atomic mass is 10.1. The Morgan fingerprint density at radius 3 is 2.41 bits per heavy atom. The van der Waals surface area contributed by atoms with Gasteiger partial charge in [0.2, 0.25) is 5.91 Å². The summed E-state index contributed by atoms with van der Waals surface area (Å²) in [6.07, 6.45) is 0. The van der Waals surface area contributed by atoms with Crippen LogP contribution in [-0.4, -0.2) is 35.9 Å². The van der Waals surface area contributed by atoms with Crippen molar-refractivity contribution in [2.45, 2.75) is 40.3 Å². The fourth-order valence-electron chi connectivity index (χ4n) is 2.71. The molecule has 0 fully saturated rings. The molecule has 0 aliphatic heterocycles. The number of ether oxygens (including phenoxy) is 1. The van der Waals surface area contributed by atoms with Gasteiger partial charge < -0.3 is 15.0 Å². The number of carbonyl (C=O) groups is 2. The summed E-state index contributed by atoms with van der Waals surface area (Å²) in [4.78, 5) is 27.1. The molecule has 2 rings (SSSR count). The molecule has 0 aromatic heterocycles. The average Bonchev–Trinajstić information content (AvgIpc) is 2.69. The number of carbonyl (C=O) groups excluding carboxylic acids is 2. The Bertz CT molecular complexity index is 821. The van der Waals surface area contributed by atoms with Crippen LogP contribution in [0.1, 0.15) is 31.9 Å². The number of hydrogen-bond donors (Lipinski definition) is 1. The second-order valence-corrected chi connectivity index (χ2v) is 8.00. The lowest BCUT2D eigenvalue weighted by Crippen LogP contribution is -2.49. The Kier molecular flexibility index (Phi) is 8.52. The Morgan fingerprint density at radius 2 is 1.79 bits per heavy atom. The van der Waals surface area contributed by atoms with Crippen molar-refractivity contribution in [3.05, 3.63) is 64.7 Å². The second-order valence-electron chi connectivity index (χ2n) is 7.57. The third-order valence-corrected chi connectivity index (χ3v) is 4.72. The first-order valence-electron chi connectivity index (χ1n) is 9.77. The third kappa shape index (κ3) is 7.42. The molecule has 0 aliphatic carbocycles. The highest BCUT2D eigenvalue weighted by molar-refractivity contribution is 6.30. The van der Waals surface area contributed by atoms with E-state index in [1.54, 1.807) is 36.1 Å². The molecule has 29 heavy (non-hydrogen) atoms. The molecule has 2 amide bonds. The Balaban J connectivity index is 2.12. The van der Waals surface area contributed by atoms with Gasteiger partial charge in [-0.25, -0.2) is 0 Å². The molecule has 1 unspecified atom stereocenters. The average molecular weight is 417 g/mol. The summed E-state index contributed by atoms with van der Waals surface area (Å²) >= 11 is 5.97. The van der Waals surface area contributed by atoms with Gasteiger partial charge in [-0.2, -0.15) is 0 Å². The van der Waals surface area contributed by atoms with Crippen LogP contribution in [0.2, 0.25) is 5.02 Å². The lowest BCUT2D eigenvalue weighted by molar-refractivity contribution is -0.142. The van der Waals surface area contributed by atoms with Gasteiger partial charge in [-0.05, 0) is 43.5 Å². The van der Waals surface area contributed by atoms with Crippen molar-refractivity contribution in [3.63, 3.8) is 0 Å². The largest absolute Gasteiger partial charge is 0.484 e. The van der Waals surface area contributed by atoms with Crippen molar-refractivity contribution in [1.29, 1.82) is 0 Å². The standard InChI is InChI=1S/C23H29ClN2O3/c1-16(2)13-25-23(28)18(4)26(14-19-10-8-17(3)9-11-19)22(27)15-29-21-7-5-6-20(24)12-21/h5-12,16,18H,13-15H2,1-4H3,(H,25,28). The van der Waals surface area contributed by atoms with E-state index in [0.717, 1.165) is 11.1 Å². The minimum Gasteiger partial charge on any atom is -0.484 e. The molecule has 0 radical (unpaired) electrons. The SMILES string of the molecule is Cc1ccc(CN(C(=O)COc2cccc(Cl)c2)C(C)C(=O)NCC(C)C)cc1. The molecule has 0 aliphatic rings. The van der Waals surface area contributed by atoms with Crippen LogP contribution in [-0.2, 0) is 16.1 Å². The smallest absolute Gasteiger partial charge is 0.261 e. The van der Waals surface area contributed by atoms with E-state index in [0.29, 0.717) is 29.8 Å². The maximum atomic E-state index is 12.9. The summed E-state index contributed by atoms with van der Waals surface area (Å²) in [5.41, 5.74) is 2.09. The zero-order valence-electron chi connectivity index (χ0n) is 17.4. The number of halogens is 1. The normalized spacial score (nSPS) is 11.8. The predicted molar refractivity (Wildman–Crippen MR) is 116 cm³/mol. The topological polar surface area (TPSA) is 58.6 Å². The maximum Gasteiger partial charge on any atom is 0.261 e. The summed E-state index contributed by atoms with van der Waals surface area (Å²) in [7, 11) is 0. The van der Waals surface area contributed by atoms with E-state index in [2.05, 4.69) is 5.32 Å². The highest BCUT2D eigenvalue weighted by Crippen LogP contribution is 2.18. The number of amides is 2. The Labute approximate surface area is 178 Å². The monoisotopic (exact) mass is 416 g/mol. The molecule has 1 atom stereocenters. The molecule has 2 aromatic carbocycles. The highest BCUT2D eigenvalue weighted by Gasteiger charge is 2.26. The van der Waals surface area contributed by atoms with E-state index in [1.807, 2.05) is 45.0 Å². The van der Waals surface area contributed by atoms with Crippen molar-refractivity contribution in [2.24, 2.45) is 5.92 Å². The highest BCUT2D eigenvalue weighted by atomic mass is 35.5. The third-order valence-electron chi connectivity index (χ3n) is 4.48. The fourth-order valence-corrected chi connectivity index (χ4v) is 2.89. The molecular formula is C23H29ClN2O3. The first-order valence-corrected chi connectivity index (χ1v) is 10.1. The van der Waals surface area contributed by atoms with Crippen molar-refractivity contribution in [2.75, 3.05) is 13.2 Å². The van der Waals surface area contributed by atoms with Crippen LogP contribution in [0, 0.1) is 12.8 Å². The van der Waals surface area contributed by atoms with Crippen molar-refractivity contribution < 1.29 is 14.3 Å². The van der Waals surface area contributed by atoms with Crippen LogP contribution in [0.25, 0.3) is 0 Å². The summed E-state index contributed by atoms with van der Waals surface area (Å²) < 4.78 is 5.61. The number of hydrogen-bond acceptors (Lipinski definition) is 3. The van der Waals surface area contributed by atoms with Gasteiger partial charge in [0.1, 0.15) is 11.8 Å². The maximum absolute atomic E-state index is 12.9. The molecule has 0 spiro atoms. The van der Waals surface area contributed by atoms with Crippen molar-refractivity contribution in [1.82, 2.24) is 10.2 Å². The van der Waals surface area contributed by atoms with Gasteiger partial charge in [0.05, 0.1) is 0 Å². The minimum atomic E-state index is -0.620. The summed E-state index contributed by atoms with van der Waals surface area (Å²) in [5, 5.41) is 3.44. The minimum absolute atomic E-state index is 0.173. The molecule has 2 aromatic rings. The van der Waals surface area contributed by atoms with E-state index in [1.165, 1.54) is 0 Å². The lowest BCUT2D eigenvalue weighted by Gasteiger charge is -2.29. The van der Waals surface area contributed by atoms with Crippen LogP contribution in [0.15, 0.2) is 48.5 Å². The fraction of sp³-hybridized carbons (Fsp3) is 0.391. The summed E-state index contributed by atoms with van der Waals surface area (Å²) in [6, 6.07) is 14.2. The summed E-state index contributed by atoms with van der Waals surface area (Å²) in [6.45, 7) is 8.52. The van der Waals surface area contributed by atoms with Crippen LogP contribution in [0.4, 0.5) is 0 Å². The first-order chi connectivity index (χ1) is 13.8. The van der Waals surface area contributed by atoms with Crippen LogP contribution in [0.5, 0.6) is 5.75 Å². The predicted octanol–water partition coefficient (Wildman–Crippen LogP) is 4.22. The van der Waals surface area contributed by atoms with Gasteiger partial charge in [0, 0.05) is 18.1 Å². The van der Waals surface area contributed by atoms with E-state index < -0.39 is 6.04 Å². The number of nitrogens with zero attached hydrogens (tertiary/aromatic N) is 1. The number of benzene rings is 2. The molecule has 0 bridgehead atoms. The van der Waals surface area contributed by atoms with Gasteiger partial charge in [0.15, 0.2) is 6.61 Å². The molecule has 0 saturated carbocycles. The molecular weight excluding hydrogens is 388 g/mol. The molecule has 0 heterocycles. The van der Waals surface area contributed by atoms with Gasteiger partial charge in [-0.3, -0.25) is 9.59 Å². The van der Waals surface area contributed by atoms with Gasteiger partial charge in [0.25, 0.3) is 5.91 Å². The number of aryl methyl sites for hydroxylation is 1.